The normalized spacial score (nSPS) is 10.9. The largest absolute Gasteiger partial charge is 0.355 e. The monoisotopic (exact) mass is 418 g/mol. The van der Waals surface area contributed by atoms with E-state index in [0.29, 0.717) is 0 Å². The Kier molecular flexibility index (Phi) is 8.22. The van der Waals surface area contributed by atoms with Gasteiger partial charge in [0.15, 0.2) is 5.96 Å². The van der Waals surface area contributed by atoms with E-state index < -0.39 is 0 Å². The summed E-state index contributed by atoms with van der Waals surface area (Å²) in [6.45, 7) is 2.46. The smallest absolute Gasteiger partial charge is 0.191 e. The van der Waals surface area contributed by atoms with Gasteiger partial charge in [-0.1, -0.05) is 23.7 Å². The van der Waals surface area contributed by atoms with Crippen LogP contribution in [0.5, 0.6) is 0 Å². The van der Waals surface area contributed by atoms with Crippen LogP contribution in [0.2, 0.25) is 5.02 Å². The van der Waals surface area contributed by atoms with Gasteiger partial charge >= 0.3 is 0 Å². The Hall–Kier alpha value is -1.21. The van der Waals surface area contributed by atoms with Crippen LogP contribution in [-0.4, -0.2) is 24.1 Å². The fourth-order valence-electron chi connectivity index (χ4n) is 1.83. The highest BCUT2D eigenvalue weighted by atomic mass is 127. The van der Waals surface area contributed by atoms with Crippen molar-refractivity contribution in [2.75, 3.05) is 13.6 Å². The number of hydrogen-bond donors (Lipinski definition) is 2. The molecule has 0 atom stereocenters. The number of rotatable bonds is 5. The molecule has 0 aliphatic heterocycles. The molecular formula is C15H20ClIN4. The van der Waals surface area contributed by atoms with Gasteiger partial charge in [0.25, 0.3) is 0 Å². The lowest BCUT2D eigenvalue weighted by Gasteiger charge is -2.12. The van der Waals surface area contributed by atoms with E-state index in [0.717, 1.165) is 30.6 Å². The molecule has 0 aliphatic rings. The maximum Gasteiger partial charge on any atom is 0.191 e. The molecule has 0 fully saturated rings. The molecule has 2 N–H and O–H groups in total. The molecule has 0 spiro atoms. The molecule has 114 valence electrons. The molecule has 2 rings (SSSR count). The molecule has 0 amide bonds. The van der Waals surface area contributed by atoms with E-state index >= 15 is 0 Å². The molecule has 0 aliphatic carbocycles. The van der Waals surface area contributed by atoms with Crippen LogP contribution in [0.4, 0.5) is 0 Å². The Morgan fingerprint density at radius 2 is 1.81 bits per heavy atom. The Balaban J connectivity index is 0.00000220. The van der Waals surface area contributed by atoms with Crippen molar-refractivity contribution in [3.63, 3.8) is 0 Å². The number of benzene rings is 1. The standard InChI is InChI=1S/C15H19ClN4.HI/c1-17-15(18-8-11-20-9-2-3-10-20)19-12-13-4-6-14(16)7-5-13;/h2-7,9-10H,8,11-12H2,1H3,(H2,17,18,19);1H. The minimum absolute atomic E-state index is 0. The Labute approximate surface area is 147 Å². The summed E-state index contributed by atoms with van der Waals surface area (Å²) in [7, 11) is 1.77. The van der Waals surface area contributed by atoms with Gasteiger partial charge in [-0.25, -0.2) is 0 Å². The van der Waals surface area contributed by atoms with Crippen LogP contribution in [-0.2, 0) is 13.1 Å². The molecule has 1 aromatic carbocycles. The van der Waals surface area contributed by atoms with Gasteiger partial charge in [0.1, 0.15) is 0 Å². The third-order valence-corrected chi connectivity index (χ3v) is 3.18. The summed E-state index contributed by atoms with van der Waals surface area (Å²) in [5.41, 5.74) is 1.17. The predicted octanol–water partition coefficient (Wildman–Crippen LogP) is 3.12. The van der Waals surface area contributed by atoms with Crippen LogP contribution < -0.4 is 10.6 Å². The molecule has 0 radical (unpaired) electrons. The fourth-order valence-corrected chi connectivity index (χ4v) is 1.96. The minimum Gasteiger partial charge on any atom is -0.355 e. The van der Waals surface area contributed by atoms with E-state index in [1.165, 1.54) is 5.56 Å². The second-order valence-electron chi connectivity index (χ2n) is 4.40. The number of aliphatic imine (C=N–C) groups is 1. The molecule has 1 aromatic heterocycles. The molecular weight excluding hydrogens is 399 g/mol. The second kappa shape index (κ2) is 9.68. The lowest BCUT2D eigenvalue weighted by atomic mass is 10.2. The van der Waals surface area contributed by atoms with Gasteiger partial charge in [-0.3, -0.25) is 4.99 Å². The minimum atomic E-state index is 0. The molecule has 0 saturated heterocycles. The maximum atomic E-state index is 5.86. The SMILES string of the molecule is CN=C(NCCn1cccc1)NCc1ccc(Cl)cc1.I. The first-order chi connectivity index (χ1) is 9.78. The third kappa shape index (κ3) is 6.39. The van der Waals surface area contributed by atoms with E-state index in [4.69, 9.17) is 11.6 Å². The van der Waals surface area contributed by atoms with E-state index in [2.05, 4.69) is 20.2 Å². The molecule has 0 unspecified atom stereocenters. The molecule has 4 nitrogen and oxygen atoms in total. The van der Waals surface area contributed by atoms with Crippen molar-refractivity contribution in [2.24, 2.45) is 4.99 Å². The Morgan fingerprint density at radius 3 is 2.43 bits per heavy atom. The number of guanidine groups is 1. The first kappa shape index (κ1) is 17.8. The average Bonchev–Trinajstić information content (AvgIpc) is 2.97. The summed E-state index contributed by atoms with van der Waals surface area (Å²) in [6.07, 6.45) is 4.09. The van der Waals surface area contributed by atoms with Crippen molar-refractivity contribution in [1.82, 2.24) is 15.2 Å². The van der Waals surface area contributed by atoms with Crippen molar-refractivity contribution in [2.45, 2.75) is 13.1 Å². The van der Waals surface area contributed by atoms with Gasteiger partial charge in [-0.2, -0.15) is 0 Å². The van der Waals surface area contributed by atoms with Gasteiger partial charge in [-0.05, 0) is 29.8 Å². The van der Waals surface area contributed by atoms with Gasteiger partial charge in [0.05, 0.1) is 0 Å². The van der Waals surface area contributed by atoms with Crippen LogP contribution in [0.1, 0.15) is 5.56 Å². The van der Waals surface area contributed by atoms with Gasteiger partial charge in [0.2, 0.25) is 0 Å². The van der Waals surface area contributed by atoms with Crippen molar-refractivity contribution in [3.8, 4) is 0 Å². The number of nitrogens with one attached hydrogen (secondary N) is 2. The molecule has 0 saturated carbocycles. The van der Waals surface area contributed by atoms with Crippen molar-refractivity contribution in [3.05, 3.63) is 59.4 Å². The lowest BCUT2D eigenvalue weighted by molar-refractivity contribution is 0.665. The number of halogens is 2. The summed E-state index contributed by atoms with van der Waals surface area (Å²) >= 11 is 5.86. The molecule has 1 heterocycles. The topological polar surface area (TPSA) is 41.4 Å². The van der Waals surface area contributed by atoms with Crippen LogP contribution in [0.25, 0.3) is 0 Å². The average molecular weight is 419 g/mol. The van der Waals surface area contributed by atoms with Crippen molar-refractivity contribution < 1.29 is 0 Å². The molecule has 2 aromatic rings. The zero-order valence-corrected chi connectivity index (χ0v) is 15.0. The van der Waals surface area contributed by atoms with Crippen LogP contribution in [0, 0.1) is 0 Å². The summed E-state index contributed by atoms with van der Waals surface area (Å²) in [5, 5.41) is 7.31. The van der Waals surface area contributed by atoms with Crippen LogP contribution >= 0.6 is 35.6 Å². The summed E-state index contributed by atoms with van der Waals surface area (Å²) in [6, 6.07) is 11.8. The Bertz CT molecular complexity index is 537. The quantitative estimate of drug-likeness (QED) is 0.445. The van der Waals surface area contributed by atoms with Gasteiger partial charge < -0.3 is 15.2 Å². The second-order valence-corrected chi connectivity index (χ2v) is 4.84. The van der Waals surface area contributed by atoms with E-state index in [1.807, 2.05) is 48.8 Å². The fraction of sp³-hybridized carbons (Fsp3) is 0.267. The Morgan fingerprint density at radius 1 is 1.14 bits per heavy atom. The van der Waals surface area contributed by atoms with Crippen LogP contribution in [0.3, 0.4) is 0 Å². The lowest BCUT2D eigenvalue weighted by Crippen LogP contribution is -2.38. The molecule has 6 heteroatoms. The van der Waals surface area contributed by atoms with E-state index in [-0.39, 0.29) is 24.0 Å². The first-order valence-electron chi connectivity index (χ1n) is 6.57. The summed E-state index contributed by atoms with van der Waals surface area (Å²) in [5.74, 6) is 0.798. The molecule has 0 bridgehead atoms. The highest BCUT2D eigenvalue weighted by Gasteiger charge is 1.98. The molecule has 21 heavy (non-hydrogen) atoms. The zero-order valence-electron chi connectivity index (χ0n) is 11.9. The van der Waals surface area contributed by atoms with Crippen molar-refractivity contribution >= 4 is 41.5 Å². The van der Waals surface area contributed by atoms with Gasteiger partial charge in [0, 0.05) is 44.1 Å². The highest BCUT2D eigenvalue weighted by Crippen LogP contribution is 2.08. The first-order valence-corrected chi connectivity index (χ1v) is 6.95. The summed E-state index contributed by atoms with van der Waals surface area (Å²) in [4.78, 5) is 4.20. The van der Waals surface area contributed by atoms with E-state index in [1.54, 1.807) is 7.05 Å². The third-order valence-electron chi connectivity index (χ3n) is 2.93. The summed E-state index contributed by atoms with van der Waals surface area (Å²) < 4.78 is 2.12. The zero-order chi connectivity index (χ0) is 14.2. The maximum absolute atomic E-state index is 5.86. The highest BCUT2D eigenvalue weighted by molar-refractivity contribution is 14.0. The van der Waals surface area contributed by atoms with Crippen LogP contribution in [0.15, 0.2) is 53.8 Å². The number of nitrogens with zero attached hydrogens (tertiary/aromatic N) is 2. The van der Waals surface area contributed by atoms with Gasteiger partial charge in [-0.15, -0.1) is 24.0 Å². The number of aromatic nitrogens is 1. The predicted molar refractivity (Wildman–Crippen MR) is 99.5 cm³/mol. The van der Waals surface area contributed by atoms with Crippen molar-refractivity contribution in [1.29, 1.82) is 0 Å². The number of hydrogen-bond acceptors (Lipinski definition) is 1. The van der Waals surface area contributed by atoms with E-state index in [9.17, 15) is 0 Å².